The number of H-pyrrole nitrogens is 2. The predicted molar refractivity (Wildman–Crippen MR) is 171 cm³/mol. The molecule has 0 saturated heterocycles. The smallest absolute Gasteiger partial charge is 0.269 e. The largest absolute Gasteiger partial charge is 0.354 e. The lowest BCUT2D eigenvalue weighted by Gasteiger charge is -2.03. The van der Waals surface area contributed by atoms with Gasteiger partial charge in [0.25, 0.3) is 5.91 Å². The molecular weight excluding hydrogens is 552 g/mol. The summed E-state index contributed by atoms with van der Waals surface area (Å²) in [6.07, 6.45) is 9.21. The summed E-state index contributed by atoms with van der Waals surface area (Å²) in [6, 6.07) is 15.7. The fraction of sp³-hybridized carbons (Fsp3) is 0.121. The number of carbonyl (C=O) groups excluding carboxylic acids is 1. The number of pyridine rings is 5. The molecule has 0 aromatic carbocycles. The Balaban J connectivity index is 0.000000144. The van der Waals surface area contributed by atoms with Gasteiger partial charge in [-0.15, -0.1) is 0 Å². The molecule has 0 aliphatic heterocycles. The van der Waals surface area contributed by atoms with Crippen LogP contribution in [0.1, 0.15) is 21.9 Å². The van der Waals surface area contributed by atoms with Crippen molar-refractivity contribution in [3.05, 3.63) is 96.6 Å². The first-order valence-corrected chi connectivity index (χ1v) is 14.0. The van der Waals surface area contributed by atoms with Crippen molar-refractivity contribution in [2.45, 2.75) is 13.8 Å². The van der Waals surface area contributed by atoms with Gasteiger partial charge in [-0.2, -0.15) is 5.10 Å². The molecule has 0 aliphatic carbocycles. The van der Waals surface area contributed by atoms with Crippen LogP contribution in [-0.4, -0.2) is 57.6 Å². The number of hydrogen-bond acceptors (Lipinski definition) is 7. The average molecular weight is 581 g/mol. The van der Waals surface area contributed by atoms with Gasteiger partial charge >= 0.3 is 0 Å². The van der Waals surface area contributed by atoms with Gasteiger partial charge in [0.1, 0.15) is 17.0 Å². The quantitative estimate of drug-likeness (QED) is 0.245. The molecular formula is C33H28N10O. The second kappa shape index (κ2) is 10.7. The molecule has 44 heavy (non-hydrogen) atoms. The molecule has 0 radical (unpaired) electrons. The fourth-order valence-corrected chi connectivity index (χ4v) is 5.24. The van der Waals surface area contributed by atoms with Crippen molar-refractivity contribution in [2.24, 2.45) is 7.05 Å². The van der Waals surface area contributed by atoms with Gasteiger partial charge in [0.05, 0.1) is 28.6 Å². The average Bonchev–Trinajstić information content (AvgIpc) is 3.74. The molecule has 0 fully saturated rings. The monoisotopic (exact) mass is 580 g/mol. The molecule has 11 nitrogen and oxygen atoms in total. The first kappa shape index (κ1) is 26.9. The SMILES string of the molecule is CNC(=O)c1ccc(-c2ccc3c(n2)[nH]c2cc(C)ncc23)cn1.Cc1cc2[nH]c3nc(-c4cnn(C)c4)ccc3c2cn1. The van der Waals surface area contributed by atoms with E-state index in [9.17, 15) is 4.79 Å². The van der Waals surface area contributed by atoms with Crippen LogP contribution in [0.15, 0.2) is 79.5 Å². The number of rotatable bonds is 3. The molecule has 8 aromatic heterocycles. The molecule has 11 heteroatoms. The summed E-state index contributed by atoms with van der Waals surface area (Å²) in [6.45, 7) is 3.95. The van der Waals surface area contributed by atoms with E-state index in [1.807, 2.05) is 82.1 Å². The Morgan fingerprint density at radius 1 is 0.705 bits per heavy atom. The lowest BCUT2D eigenvalue weighted by Crippen LogP contribution is -2.18. The number of aromatic nitrogens is 9. The highest BCUT2D eigenvalue weighted by Crippen LogP contribution is 2.28. The molecule has 216 valence electrons. The highest BCUT2D eigenvalue weighted by Gasteiger charge is 2.11. The molecule has 0 aliphatic rings. The third kappa shape index (κ3) is 4.90. The zero-order valence-electron chi connectivity index (χ0n) is 24.5. The van der Waals surface area contributed by atoms with Crippen LogP contribution in [0.4, 0.5) is 0 Å². The van der Waals surface area contributed by atoms with Crippen molar-refractivity contribution in [2.75, 3.05) is 7.05 Å². The van der Waals surface area contributed by atoms with Crippen LogP contribution in [0.2, 0.25) is 0 Å². The van der Waals surface area contributed by atoms with Crippen molar-refractivity contribution in [1.82, 2.24) is 50.0 Å². The van der Waals surface area contributed by atoms with E-state index in [1.165, 1.54) is 0 Å². The van der Waals surface area contributed by atoms with Gasteiger partial charge in [0.2, 0.25) is 0 Å². The van der Waals surface area contributed by atoms with E-state index < -0.39 is 0 Å². The number of amides is 1. The van der Waals surface area contributed by atoms with Gasteiger partial charge in [-0.05, 0) is 62.4 Å². The van der Waals surface area contributed by atoms with E-state index in [0.29, 0.717) is 5.69 Å². The second-order valence-corrected chi connectivity index (χ2v) is 10.6. The molecule has 0 unspecified atom stereocenters. The van der Waals surface area contributed by atoms with Gasteiger partial charge < -0.3 is 15.3 Å². The molecule has 0 spiro atoms. The fourth-order valence-electron chi connectivity index (χ4n) is 5.24. The maximum absolute atomic E-state index is 11.6. The van der Waals surface area contributed by atoms with E-state index in [-0.39, 0.29) is 5.91 Å². The number of carbonyl (C=O) groups is 1. The molecule has 0 saturated carbocycles. The number of aryl methyl sites for hydroxylation is 3. The summed E-state index contributed by atoms with van der Waals surface area (Å²) in [5.41, 5.74) is 9.73. The van der Waals surface area contributed by atoms with Crippen LogP contribution in [0.3, 0.4) is 0 Å². The highest BCUT2D eigenvalue weighted by molar-refractivity contribution is 6.06. The summed E-state index contributed by atoms with van der Waals surface area (Å²) in [5, 5.41) is 11.0. The number of hydrogen-bond donors (Lipinski definition) is 3. The first-order chi connectivity index (χ1) is 21.4. The lowest BCUT2D eigenvalue weighted by atomic mass is 10.1. The van der Waals surface area contributed by atoms with Crippen molar-refractivity contribution >= 4 is 49.8 Å². The maximum Gasteiger partial charge on any atom is 0.269 e. The van der Waals surface area contributed by atoms with Gasteiger partial charge in [0.15, 0.2) is 0 Å². The van der Waals surface area contributed by atoms with Gasteiger partial charge in [-0.1, -0.05) is 0 Å². The Hall–Kier alpha value is -5.97. The number of nitrogens with zero attached hydrogens (tertiary/aromatic N) is 7. The third-order valence-corrected chi connectivity index (χ3v) is 7.48. The molecule has 0 atom stereocenters. The minimum absolute atomic E-state index is 0.205. The molecule has 0 bridgehead atoms. The van der Waals surface area contributed by atoms with Crippen LogP contribution in [0, 0.1) is 13.8 Å². The molecule has 8 heterocycles. The predicted octanol–water partition coefficient (Wildman–Crippen LogP) is 5.66. The Morgan fingerprint density at radius 3 is 1.80 bits per heavy atom. The van der Waals surface area contributed by atoms with Crippen LogP contribution >= 0.6 is 0 Å². The lowest BCUT2D eigenvalue weighted by molar-refractivity contribution is 0.0958. The third-order valence-electron chi connectivity index (χ3n) is 7.48. The minimum Gasteiger partial charge on any atom is -0.354 e. The number of fused-ring (bicyclic) bond motifs is 6. The zero-order valence-corrected chi connectivity index (χ0v) is 24.5. The van der Waals surface area contributed by atoms with Crippen molar-refractivity contribution in [3.63, 3.8) is 0 Å². The molecule has 8 rings (SSSR count). The summed E-state index contributed by atoms with van der Waals surface area (Å²) in [7, 11) is 3.49. The van der Waals surface area contributed by atoms with Crippen molar-refractivity contribution in [1.29, 1.82) is 0 Å². The minimum atomic E-state index is -0.205. The highest BCUT2D eigenvalue weighted by atomic mass is 16.1. The molecule has 8 aromatic rings. The normalized spacial score (nSPS) is 11.3. The van der Waals surface area contributed by atoms with E-state index in [1.54, 1.807) is 24.0 Å². The van der Waals surface area contributed by atoms with Gasteiger partial charge in [-0.25, -0.2) is 9.97 Å². The van der Waals surface area contributed by atoms with Crippen LogP contribution < -0.4 is 5.32 Å². The second-order valence-electron chi connectivity index (χ2n) is 10.6. The van der Waals surface area contributed by atoms with Gasteiger partial charge in [-0.3, -0.25) is 24.4 Å². The topological polar surface area (TPSA) is 143 Å². The first-order valence-electron chi connectivity index (χ1n) is 14.0. The molecule has 3 N–H and O–H groups in total. The van der Waals surface area contributed by atoms with Crippen molar-refractivity contribution < 1.29 is 4.79 Å². The maximum atomic E-state index is 11.6. The Morgan fingerprint density at radius 2 is 1.30 bits per heavy atom. The number of nitrogens with one attached hydrogen (secondary N) is 3. The van der Waals surface area contributed by atoms with Crippen LogP contribution in [0.25, 0.3) is 66.4 Å². The Bertz CT molecular complexity index is 2330. The standard InChI is InChI=1S/C18H15N5O.C15H13N5/c1-10-7-16-13(9-20-10)12-4-6-14(22-17(12)23-16)11-3-5-15(21-8-11)18(24)19-2;1-9-5-14-12(7-16-9)11-3-4-13(18-15(11)19-14)10-6-17-20(2)8-10/h3-9H,1-2H3,(H,19,24)(H,22,23);3-8H,1-2H3,(H,18,19). The van der Waals surface area contributed by atoms with Crippen LogP contribution in [0.5, 0.6) is 0 Å². The van der Waals surface area contributed by atoms with E-state index >= 15 is 0 Å². The molecule has 1 amide bonds. The summed E-state index contributed by atoms with van der Waals surface area (Å²) in [5.74, 6) is -0.205. The Labute approximate surface area is 251 Å². The summed E-state index contributed by atoms with van der Waals surface area (Å²) >= 11 is 0. The van der Waals surface area contributed by atoms with Crippen LogP contribution in [-0.2, 0) is 7.05 Å². The van der Waals surface area contributed by atoms with Gasteiger partial charge in [0, 0.05) is 82.9 Å². The van der Waals surface area contributed by atoms with E-state index in [0.717, 1.165) is 77.8 Å². The Kier molecular flexibility index (Phi) is 6.54. The zero-order chi connectivity index (χ0) is 30.4. The van der Waals surface area contributed by atoms with E-state index in [4.69, 9.17) is 0 Å². The van der Waals surface area contributed by atoms with E-state index in [2.05, 4.69) is 51.4 Å². The summed E-state index contributed by atoms with van der Waals surface area (Å²) < 4.78 is 1.78. The van der Waals surface area contributed by atoms with Crippen molar-refractivity contribution in [3.8, 4) is 22.5 Å². The summed E-state index contributed by atoms with van der Waals surface area (Å²) in [4.78, 5) is 40.5. The number of aromatic amines is 2.